The molecule has 0 atom stereocenters. The number of ether oxygens (including phenoxy) is 1. The maximum Gasteiger partial charge on any atom is 0.338 e. The van der Waals surface area contributed by atoms with Gasteiger partial charge in [-0.05, 0) is 30.2 Å². The molecule has 0 N–H and O–H groups in total. The van der Waals surface area contributed by atoms with Gasteiger partial charge >= 0.3 is 5.97 Å². The van der Waals surface area contributed by atoms with Crippen molar-refractivity contribution in [2.24, 2.45) is 0 Å². The zero-order chi connectivity index (χ0) is 17.2. The molecule has 1 aromatic carbocycles. The Morgan fingerprint density at radius 1 is 1.24 bits per heavy atom. The molecule has 25 heavy (non-hydrogen) atoms. The molecule has 3 aromatic heterocycles. The highest BCUT2D eigenvalue weighted by Gasteiger charge is 2.09. The van der Waals surface area contributed by atoms with Crippen molar-refractivity contribution < 1.29 is 9.53 Å². The highest BCUT2D eigenvalue weighted by atomic mass is 32.1. The quantitative estimate of drug-likeness (QED) is 0.520. The molecular formula is C19H15N3O2S. The van der Waals surface area contributed by atoms with E-state index in [1.807, 2.05) is 41.1 Å². The Labute approximate surface area is 148 Å². The Bertz CT molecular complexity index is 1030. The molecule has 0 saturated heterocycles. The molecule has 3 heterocycles. The van der Waals surface area contributed by atoms with Crippen LogP contribution >= 0.6 is 11.3 Å². The van der Waals surface area contributed by atoms with Gasteiger partial charge in [-0.3, -0.25) is 0 Å². The van der Waals surface area contributed by atoms with Gasteiger partial charge in [0.05, 0.1) is 39.7 Å². The minimum absolute atomic E-state index is 0.241. The number of thiazole rings is 1. The summed E-state index contributed by atoms with van der Waals surface area (Å²) < 4.78 is 7.26. The first-order valence-electron chi connectivity index (χ1n) is 7.79. The van der Waals surface area contributed by atoms with Crippen LogP contribution in [0, 0.1) is 6.92 Å². The molecule has 6 heteroatoms. The minimum Gasteiger partial charge on any atom is -0.457 e. The van der Waals surface area contributed by atoms with E-state index in [-0.39, 0.29) is 12.6 Å². The Morgan fingerprint density at radius 2 is 2.08 bits per heavy atom. The van der Waals surface area contributed by atoms with Crippen molar-refractivity contribution in [2.75, 3.05) is 0 Å². The predicted molar refractivity (Wildman–Crippen MR) is 96.6 cm³/mol. The van der Waals surface area contributed by atoms with Crippen molar-refractivity contribution in [3.8, 4) is 10.4 Å². The van der Waals surface area contributed by atoms with Gasteiger partial charge in [-0.2, -0.15) is 0 Å². The van der Waals surface area contributed by atoms with Gasteiger partial charge in [0, 0.05) is 6.20 Å². The van der Waals surface area contributed by atoms with Gasteiger partial charge in [0.2, 0.25) is 0 Å². The maximum absolute atomic E-state index is 12.2. The number of imidazole rings is 1. The number of aryl methyl sites for hydroxylation is 1. The van der Waals surface area contributed by atoms with E-state index in [1.54, 1.807) is 42.2 Å². The number of nitrogens with zero attached hydrogens (tertiary/aromatic N) is 3. The van der Waals surface area contributed by atoms with Gasteiger partial charge in [-0.25, -0.2) is 14.8 Å². The van der Waals surface area contributed by atoms with Crippen molar-refractivity contribution in [3.05, 3.63) is 77.5 Å². The summed E-state index contributed by atoms with van der Waals surface area (Å²) in [6.45, 7) is 2.24. The number of carbonyl (C=O) groups excluding carboxylic acids is 1. The lowest BCUT2D eigenvalue weighted by atomic mass is 10.1. The highest BCUT2D eigenvalue weighted by molar-refractivity contribution is 7.13. The first-order valence-corrected chi connectivity index (χ1v) is 8.67. The van der Waals surface area contributed by atoms with Crippen LogP contribution in [0.15, 0.2) is 60.6 Å². The number of aromatic nitrogens is 3. The lowest BCUT2D eigenvalue weighted by Crippen LogP contribution is -2.05. The van der Waals surface area contributed by atoms with Crippen LogP contribution in [-0.2, 0) is 11.3 Å². The molecule has 0 aliphatic rings. The van der Waals surface area contributed by atoms with Gasteiger partial charge in [-0.15, -0.1) is 11.3 Å². The first-order chi connectivity index (χ1) is 12.2. The van der Waals surface area contributed by atoms with E-state index in [9.17, 15) is 4.79 Å². The van der Waals surface area contributed by atoms with E-state index >= 15 is 0 Å². The minimum atomic E-state index is -0.342. The fourth-order valence-electron chi connectivity index (χ4n) is 2.61. The number of esters is 1. The number of rotatable bonds is 4. The lowest BCUT2D eigenvalue weighted by Gasteiger charge is -2.06. The Hall–Kier alpha value is -2.99. The standard InChI is InChI=1S/C19H15N3O2S/c1-13-18(25-12-21-13)15-4-2-14(3-5-15)10-24-19(23)16-6-7-22-11-20-9-17(22)8-16/h2-9,11-12H,10H2,1H3. The topological polar surface area (TPSA) is 56.5 Å². The SMILES string of the molecule is Cc1ncsc1-c1ccc(COC(=O)c2ccn3cncc3c2)cc1. The molecule has 0 bridgehead atoms. The fourth-order valence-corrected chi connectivity index (χ4v) is 3.42. The Morgan fingerprint density at radius 3 is 2.84 bits per heavy atom. The third kappa shape index (κ3) is 3.16. The van der Waals surface area contributed by atoms with E-state index < -0.39 is 0 Å². The van der Waals surface area contributed by atoms with E-state index in [4.69, 9.17) is 4.74 Å². The number of hydrogen-bond acceptors (Lipinski definition) is 5. The summed E-state index contributed by atoms with van der Waals surface area (Å²) in [6, 6.07) is 11.5. The van der Waals surface area contributed by atoms with Crippen LogP contribution in [0.5, 0.6) is 0 Å². The average Bonchev–Trinajstić information content (AvgIpc) is 3.28. The molecule has 4 aromatic rings. The Kier molecular flexibility index (Phi) is 4.03. The van der Waals surface area contributed by atoms with Gasteiger partial charge in [0.1, 0.15) is 6.61 Å². The fraction of sp³-hybridized carbons (Fsp3) is 0.105. The van der Waals surface area contributed by atoms with Crippen molar-refractivity contribution in [2.45, 2.75) is 13.5 Å². The third-order valence-electron chi connectivity index (χ3n) is 3.98. The summed E-state index contributed by atoms with van der Waals surface area (Å²) in [4.78, 5) is 21.7. The van der Waals surface area contributed by atoms with Crippen LogP contribution in [0.1, 0.15) is 21.6 Å². The van der Waals surface area contributed by atoms with Crippen LogP contribution in [0.2, 0.25) is 0 Å². The summed E-state index contributed by atoms with van der Waals surface area (Å²) >= 11 is 1.62. The molecule has 0 saturated carbocycles. The molecule has 124 valence electrons. The van der Waals surface area contributed by atoms with Crippen molar-refractivity contribution >= 4 is 22.8 Å². The van der Waals surface area contributed by atoms with Crippen molar-refractivity contribution in [3.63, 3.8) is 0 Å². The highest BCUT2D eigenvalue weighted by Crippen LogP contribution is 2.27. The smallest absolute Gasteiger partial charge is 0.338 e. The number of pyridine rings is 1. The monoisotopic (exact) mass is 349 g/mol. The van der Waals surface area contributed by atoms with Gasteiger partial charge in [-0.1, -0.05) is 24.3 Å². The normalized spacial score (nSPS) is 10.9. The van der Waals surface area contributed by atoms with Crippen LogP contribution in [0.3, 0.4) is 0 Å². The van der Waals surface area contributed by atoms with E-state index in [0.717, 1.165) is 27.2 Å². The van der Waals surface area contributed by atoms with Crippen LogP contribution in [0.25, 0.3) is 16.0 Å². The Balaban J connectivity index is 1.44. The summed E-state index contributed by atoms with van der Waals surface area (Å²) in [5, 5.41) is 0. The number of benzene rings is 1. The molecule has 0 aliphatic carbocycles. The molecule has 0 spiro atoms. The van der Waals surface area contributed by atoms with Crippen molar-refractivity contribution in [1.29, 1.82) is 0 Å². The maximum atomic E-state index is 12.2. The second-order valence-corrected chi connectivity index (χ2v) is 6.54. The molecule has 0 amide bonds. The van der Waals surface area contributed by atoms with Gasteiger partial charge < -0.3 is 9.14 Å². The molecule has 4 rings (SSSR count). The van der Waals surface area contributed by atoms with Gasteiger partial charge in [0.15, 0.2) is 0 Å². The molecular weight excluding hydrogens is 334 g/mol. The van der Waals surface area contributed by atoms with Gasteiger partial charge in [0.25, 0.3) is 0 Å². The second kappa shape index (κ2) is 6.49. The summed E-state index contributed by atoms with van der Waals surface area (Å²) in [6.07, 6.45) is 5.19. The summed E-state index contributed by atoms with van der Waals surface area (Å²) in [5.74, 6) is -0.342. The third-order valence-corrected chi connectivity index (χ3v) is 4.96. The average molecular weight is 349 g/mol. The number of hydrogen-bond donors (Lipinski definition) is 0. The van der Waals surface area contributed by atoms with E-state index in [0.29, 0.717) is 5.56 Å². The second-order valence-electron chi connectivity index (χ2n) is 5.68. The zero-order valence-electron chi connectivity index (χ0n) is 13.5. The summed E-state index contributed by atoms with van der Waals surface area (Å²) in [7, 11) is 0. The number of carbonyl (C=O) groups is 1. The van der Waals surface area contributed by atoms with Crippen LogP contribution in [-0.4, -0.2) is 20.3 Å². The lowest BCUT2D eigenvalue weighted by molar-refractivity contribution is 0.0473. The largest absolute Gasteiger partial charge is 0.457 e. The molecule has 0 unspecified atom stereocenters. The molecule has 5 nitrogen and oxygen atoms in total. The molecule has 0 fully saturated rings. The molecule has 0 aliphatic heterocycles. The molecule has 0 radical (unpaired) electrons. The van der Waals surface area contributed by atoms with E-state index in [1.165, 1.54) is 0 Å². The summed E-state index contributed by atoms with van der Waals surface area (Å²) in [5.41, 5.74) is 6.33. The zero-order valence-corrected chi connectivity index (χ0v) is 14.4. The number of fused-ring (bicyclic) bond motifs is 1. The van der Waals surface area contributed by atoms with E-state index in [2.05, 4.69) is 9.97 Å². The van der Waals surface area contributed by atoms with Crippen molar-refractivity contribution in [1.82, 2.24) is 14.4 Å². The van der Waals surface area contributed by atoms with Crippen LogP contribution < -0.4 is 0 Å². The predicted octanol–water partition coefficient (Wildman–Crippen LogP) is 4.12. The first kappa shape index (κ1) is 15.5. The van der Waals surface area contributed by atoms with Crippen LogP contribution in [0.4, 0.5) is 0 Å².